The number of ether oxygens (including phenoxy) is 1. The summed E-state index contributed by atoms with van der Waals surface area (Å²) < 4.78 is 38.0. The number of nitrogens with one attached hydrogen (secondary N) is 2. The molecule has 10 rings (SSSR count). The number of fused-ring (bicyclic) bond motifs is 1. The molecule has 74 heavy (non-hydrogen) atoms. The normalized spacial score (nSPS) is 20.9. The molecule has 3 aromatic carbocycles. The first-order valence-electron chi connectivity index (χ1n) is 27.2. The standard InChI is InChI=1S/C57H70F2N8O7/c1-57(22-23-57)56(73)67-26-16-38(17-27-67)42-12-7-13-45(50(42)59)52(69)60-51(39-8-3-2-4-9-39)55(72)65-28-20-41(21-29-65)74-40-18-24-63(25-19-40)36-49(68)64-30-32-66(33-31-64)54(71)46-34-37(14-15-47(46)58)35-48-43-10-5-6-11-44(43)53(70)62-61-48/h5-7,10-15,34,38-41,51H,2-4,8-9,16-33,35-36H2,1H3,(H,60,69)(H,62,70)/t51-/m1/s1. The number of nitrogens with zero attached hydrogens (tertiary/aromatic N) is 6. The van der Waals surface area contributed by atoms with Crippen molar-refractivity contribution < 1.29 is 37.5 Å². The second-order valence-electron chi connectivity index (χ2n) is 22.0. The molecule has 0 radical (unpaired) electrons. The molecule has 4 aliphatic heterocycles. The molecular weight excluding hydrogens is 947 g/mol. The molecule has 4 aromatic rings. The van der Waals surface area contributed by atoms with Gasteiger partial charge in [-0.15, -0.1) is 0 Å². The van der Waals surface area contributed by atoms with Gasteiger partial charge in [-0.3, -0.25) is 33.7 Å². The Morgan fingerprint density at radius 2 is 1.36 bits per heavy atom. The highest BCUT2D eigenvalue weighted by Gasteiger charge is 2.48. The molecule has 5 heterocycles. The minimum atomic E-state index is -0.742. The topological polar surface area (TPSA) is 169 Å². The summed E-state index contributed by atoms with van der Waals surface area (Å²) in [6, 6.07) is 15.8. The summed E-state index contributed by atoms with van der Waals surface area (Å²) in [5, 5.41) is 11.0. The predicted octanol–water partition coefficient (Wildman–Crippen LogP) is 6.43. The van der Waals surface area contributed by atoms with Gasteiger partial charge in [-0.05, 0) is 111 Å². The van der Waals surface area contributed by atoms with Gasteiger partial charge >= 0.3 is 0 Å². The Balaban J connectivity index is 0.659. The largest absolute Gasteiger partial charge is 0.375 e. The number of piperidine rings is 3. The molecule has 17 heteroatoms. The number of hydrogen-bond donors (Lipinski definition) is 2. The Labute approximate surface area is 431 Å². The average Bonchev–Trinajstić information content (AvgIpc) is 4.20. The van der Waals surface area contributed by atoms with E-state index in [9.17, 15) is 28.8 Å². The maximum absolute atomic E-state index is 16.3. The number of halogens is 2. The zero-order valence-electron chi connectivity index (χ0n) is 42.6. The van der Waals surface area contributed by atoms with Crippen molar-refractivity contribution in [1.29, 1.82) is 0 Å². The molecule has 1 aromatic heterocycles. The van der Waals surface area contributed by atoms with Gasteiger partial charge in [-0.1, -0.05) is 62.6 Å². The molecular formula is C57H70F2N8O7. The number of carbonyl (C=O) groups excluding carboxylic acids is 5. The Hall–Kier alpha value is -6.07. The van der Waals surface area contributed by atoms with E-state index >= 15 is 8.78 Å². The third kappa shape index (κ3) is 11.4. The first-order valence-corrected chi connectivity index (χ1v) is 27.2. The fourth-order valence-corrected chi connectivity index (χ4v) is 12.1. The van der Waals surface area contributed by atoms with E-state index in [4.69, 9.17) is 4.74 Å². The number of amides is 5. The molecule has 0 bridgehead atoms. The third-order valence-corrected chi connectivity index (χ3v) is 17.0. The first kappa shape index (κ1) is 51.4. The number of benzene rings is 3. The number of likely N-dealkylation sites (tertiary alicyclic amines) is 3. The predicted molar refractivity (Wildman–Crippen MR) is 274 cm³/mol. The zero-order chi connectivity index (χ0) is 51.5. The van der Waals surface area contributed by atoms with Crippen LogP contribution in [0.25, 0.3) is 10.8 Å². The van der Waals surface area contributed by atoms with Crippen LogP contribution in [0.1, 0.15) is 134 Å². The van der Waals surface area contributed by atoms with Crippen molar-refractivity contribution >= 4 is 40.3 Å². The zero-order valence-corrected chi connectivity index (χ0v) is 42.6. The monoisotopic (exact) mass is 1020 g/mol. The average molecular weight is 1020 g/mol. The number of rotatable bonds is 13. The molecule has 15 nitrogen and oxygen atoms in total. The van der Waals surface area contributed by atoms with Crippen LogP contribution in [-0.2, 0) is 25.5 Å². The van der Waals surface area contributed by atoms with Gasteiger partial charge in [0.1, 0.15) is 17.7 Å². The van der Waals surface area contributed by atoms with Crippen LogP contribution in [0.4, 0.5) is 8.78 Å². The Kier molecular flexibility index (Phi) is 15.6. The summed E-state index contributed by atoms with van der Waals surface area (Å²) in [6.07, 6.45) is 11.1. The Morgan fingerprint density at radius 3 is 2.05 bits per heavy atom. The molecule has 5 amide bonds. The SMILES string of the molecule is CC1(C(=O)N2CCC(c3cccc(C(=O)N[C@@H](C(=O)N4CCC(OC5CCN(CC(=O)N6CCN(C(=O)c7cc(Cc8n[nH]c(=O)c9ccccc89)ccc7F)CC6)CC5)CC4)C4CCCCC4)c3F)CC2)CC1. The van der Waals surface area contributed by atoms with Crippen molar-refractivity contribution in [2.24, 2.45) is 11.3 Å². The second-order valence-corrected chi connectivity index (χ2v) is 22.0. The highest BCUT2D eigenvalue weighted by atomic mass is 19.1. The first-order chi connectivity index (χ1) is 35.8. The fourth-order valence-electron chi connectivity index (χ4n) is 12.1. The van der Waals surface area contributed by atoms with Crippen LogP contribution < -0.4 is 10.9 Å². The van der Waals surface area contributed by atoms with E-state index in [2.05, 4.69) is 20.4 Å². The number of H-pyrrole nitrogens is 1. The van der Waals surface area contributed by atoms with Crippen LogP contribution in [0, 0.1) is 23.0 Å². The van der Waals surface area contributed by atoms with Gasteiger partial charge in [0.05, 0.1) is 41.0 Å². The number of aromatic amines is 1. The second kappa shape index (κ2) is 22.4. The molecule has 6 aliphatic rings. The van der Waals surface area contributed by atoms with Gasteiger partial charge in [0.2, 0.25) is 17.7 Å². The number of hydrogen-bond acceptors (Lipinski definition) is 9. The Bertz CT molecular complexity index is 2780. The molecule has 0 unspecified atom stereocenters. The molecule has 2 N–H and O–H groups in total. The van der Waals surface area contributed by atoms with E-state index in [0.717, 1.165) is 57.8 Å². The Morgan fingerprint density at radius 1 is 0.716 bits per heavy atom. The minimum Gasteiger partial charge on any atom is -0.375 e. The minimum absolute atomic E-state index is 0.00667. The molecule has 2 saturated carbocycles. The smallest absolute Gasteiger partial charge is 0.272 e. The molecule has 394 valence electrons. The van der Waals surface area contributed by atoms with Crippen molar-refractivity contribution in [3.8, 4) is 0 Å². The van der Waals surface area contributed by atoms with Gasteiger partial charge in [0.25, 0.3) is 17.4 Å². The van der Waals surface area contributed by atoms with Crippen molar-refractivity contribution in [3.63, 3.8) is 0 Å². The van der Waals surface area contributed by atoms with Gasteiger partial charge in [-0.2, -0.15) is 5.10 Å². The summed E-state index contributed by atoms with van der Waals surface area (Å²) in [5.74, 6) is -2.19. The number of carbonyl (C=O) groups is 5. The third-order valence-electron chi connectivity index (χ3n) is 17.0. The lowest BCUT2D eigenvalue weighted by Gasteiger charge is -2.40. The molecule has 6 fully saturated rings. The summed E-state index contributed by atoms with van der Waals surface area (Å²) in [4.78, 5) is 89.9. The molecule has 0 spiro atoms. The van der Waals surface area contributed by atoms with Crippen LogP contribution in [0.3, 0.4) is 0 Å². The van der Waals surface area contributed by atoms with Crippen LogP contribution >= 0.6 is 0 Å². The lowest BCUT2D eigenvalue weighted by molar-refractivity contribution is -0.140. The van der Waals surface area contributed by atoms with Crippen LogP contribution in [0.5, 0.6) is 0 Å². The molecule has 2 aliphatic carbocycles. The lowest BCUT2D eigenvalue weighted by atomic mass is 9.82. The van der Waals surface area contributed by atoms with Crippen molar-refractivity contribution in [2.45, 2.75) is 121 Å². The van der Waals surface area contributed by atoms with E-state index in [1.807, 2.05) is 28.9 Å². The highest BCUT2D eigenvalue weighted by molar-refractivity contribution is 5.98. The fraction of sp³-hybridized carbons (Fsp3) is 0.561. The molecule has 1 atom stereocenters. The summed E-state index contributed by atoms with van der Waals surface area (Å²) in [6.45, 7) is 7.15. The van der Waals surface area contributed by atoms with Gasteiger partial charge in [0, 0.05) is 82.7 Å². The summed E-state index contributed by atoms with van der Waals surface area (Å²) in [7, 11) is 0. The van der Waals surface area contributed by atoms with Gasteiger partial charge in [0.15, 0.2) is 0 Å². The van der Waals surface area contributed by atoms with Crippen LogP contribution in [0.2, 0.25) is 0 Å². The number of aromatic nitrogens is 2. The van der Waals surface area contributed by atoms with Crippen LogP contribution in [-0.4, -0.2) is 154 Å². The van der Waals surface area contributed by atoms with E-state index in [0.29, 0.717) is 112 Å². The van der Waals surface area contributed by atoms with E-state index in [1.165, 1.54) is 12.1 Å². The summed E-state index contributed by atoms with van der Waals surface area (Å²) >= 11 is 0. The maximum Gasteiger partial charge on any atom is 0.272 e. The maximum atomic E-state index is 16.3. The van der Waals surface area contributed by atoms with E-state index < -0.39 is 29.5 Å². The molecule has 4 saturated heterocycles. The van der Waals surface area contributed by atoms with Crippen molar-refractivity contribution in [2.75, 3.05) is 72.0 Å². The van der Waals surface area contributed by atoms with Crippen molar-refractivity contribution in [1.82, 2.24) is 40.0 Å². The van der Waals surface area contributed by atoms with Gasteiger partial charge < -0.3 is 29.7 Å². The van der Waals surface area contributed by atoms with E-state index in [-0.39, 0.29) is 83.5 Å². The van der Waals surface area contributed by atoms with Crippen molar-refractivity contribution in [3.05, 3.63) is 111 Å². The summed E-state index contributed by atoms with van der Waals surface area (Å²) in [5.41, 5.74) is 1.19. The highest BCUT2D eigenvalue weighted by Crippen LogP contribution is 2.47. The lowest BCUT2D eigenvalue weighted by Crippen LogP contribution is -2.55. The van der Waals surface area contributed by atoms with Gasteiger partial charge in [-0.25, -0.2) is 13.9 Å². The van der Waals surface area contributed by atoms with E-state index in [1.54, 1.807) is 46.2 Å². The van der Waals surface area contributed by atoms with Crippen LogP contribution in [0.15, 0.2) is 65.5 Å². The quantitative estimate of drug-likeness (QED) is 0.153. The number of piperazine rings is 1.